The van der Waals surface area contributed by atoms with Crippen molar-refractivity contribution in [2.45, 2.75) is 13.0 Å². The first kappa shape index (κ1) is 11.3. The zero-order valence-corrected chi connectivity index (χ0v) is 8.75. The van der Waals surface area contributed by atoms with E-state index < -0.39 is 0 Å². The molecule has 1 aliphatic rings. The van der Waals surface area contributed by atoms with Crippen molar-refractivity contribution in [3.05, 3.63) is 29.3 Å². The molecule has 1 rings (SSSR count). The Bertz CT molecular complexity index is 330. The fourth-order valence-electron chi connectivity index (χ4n) is 1.10. The minimum absolute atomic E-state index is 0.255. The van der Waals surface area contributed by atoms with E-state index in [0.717, 1.165) is 0 Å². The summed E-state index contributed by atoms with van der Waals surface area (Å²) in [5, 5.41) is 2.73. The molecule has 1 aliphatic heterocycles. The van der Waals surface area contributed by atoms with Gasteiger partial charge in [-0.25, -0.2) is 0 Å². The molecule has 5 nitrogen and oxygen atoms in total. The van der Waals surface area contributed by atoms with E-state index in [2.05, 4.69) is 11.1 Å². The topological polar surface area (TPSA) is 45.1 Å². The molecule has 0 aromatic rings. The second-order valence-electron chi connectivity index (χ2n) is 3.08. The van der Waals surface area contributed by atoms with Gasteiger partial charge in [0.25, 0.3) is 0 Å². The third kappa shape index (κ3) is 2.82. The van der Waals surface area contributed by atoms with Crippen molar-refractivity contribution in [1.82, 2.24) is 9.80 Å². The van der Waals surface area contributed by atoms with Crippen molar-refractivity contribution >= 4 is 0 Å². The van der Waals surface area contributed by atoms with Crippen molar-refractivity contribution in [2.75, 3.05) is 13.8 Å². The van der Waals surface area contributed by atoms with Crippen molar-refractivity contribution < 1.29 is 4.74 Å². The van der Waals surface area contributed by atoms with Gasteiger partial charge >= 0.3 is 0 Å². The molecule has 0 amide bonds. The van der Waals surface area contributed by atoms with E-state index in [4.69, 9.17) is 11.2 Å². The Kier molecular flexibility index (Phi) is 3.89. The van der Waals surface area contributed by atoms with Crippen LogP contribution in [0.4, 0.5) is 0 Å². The van der Waals surface area contributed by atoms with Crippen molar-refractivity contribution in [1.29, 1.82) is 0 Å². The maximum atomic E-state index is 10.2. The van der Waals surface area contributed by atoms with Crippen LogP contribution in [-0.4, -0.2) is 29.7 Å². The van der Waals surface area contributed by atoms with Crippen LogP contribution in [0.3, 0.4) is 0 Å². The summed E-state index contributed by atoms with van der Waals surface area (Å²) in [4.78, 5) is 13.7. The zero-order chi connectivity index (χ0) is 11.3. The SMILES string of the molecule is C#CC(C)OCN1C=CN(C)/C1=C\N=O. The molecule has 1 atom stereocenters. The van der Waals surface area contributed by atoms with Crippen LogP contribution in [0, 0.1) is 17.3 Å². The number of hydrogen-bond donors (Lipinski definition) is 0. The first-order valence-electron chi connectivity index (χ1n) is 4.47. The molecule has 80 valence electrons. The molecule has 0 spiro atoms. The molecule has 0 aromatic carbocycles. The smallest absolute Gasteiger partial charge is 0.136 e. The highest BCUT2D eigenvalue weighted by Crippen LogP contribution is 2.17. The molecule has 0 radical (unpaired) electrons. The van der Waals surface area contributed by atoms with Gasteiger partial charge in [0.05, 0.1) is 0 Å². The van der Waals surface area contributed by atoms with Gasteiger partial charge in [-0.2, -0.15) is 0 Å². The lowest BCUT2D eigenvalue weighted by molar-refractivity contribution is 0.0418. The van der Waals surface area contributed by atoms with E-state index in [-0.39, 0.29) is 6.10 Å². The predicted molar refractivity (Wildman–Crippen MR) is 56.9 cm³/mol. The van der Waals surface area contributed by atoms with E-state index >= 15 is 0 Å². The largest absolute Gasteiger partial charge is 0.345 e. The molecule has 0 saturated heterocycles. The second kappa shape index (κ2) is 5.17. The van der Waals surface area contributed by atoms with Crippen LogP contribution in [-0.2, 0) is 4.74 Å². The van der Waals surface area contributed by atoms with Crippen LogP contribution < -0.4 is 0 Å². The summed E-state index contributed by atoms with van der Waals surface area (Å²) in [6, 6.07) is 0. The standard InChI is InChI=1S/C10H13N3O2/c1-4-9(2)15-8-13-6-5-12(3)10(13)7-11-14/h1,5-7,9H,8H2,2-3H3/b10-7+. The summed E-state index contributed by atoms with van der Waals surface area (Å²) in [5.74, 6) is 3.12. The Balaban J connectivity index is 2.56. The Labute approximate surface area is 89.0 Å². The Morgan fingerprint density at radius 1 is 1.73 bits per heavy atom. The fourth-order valence-corrected chi connectivity index (χ4v) is 1.10. The van der Waals surface area contributed by atoms with Crippen molar-refractivity contribution in [2.24, 2.45) is 5.18 Å². The third-order valence-corrected chi connectivity index (χ3v) is 1.99. The second-order valence-corrected chi connectivity index (χ2v) is 3.08. The average molecular weight is 207 g/mol. The summed E-state index contributed by atoms with van der Waals surface area (Å²) in [6.45, 7) is 2.08. The lowest BCUT2D eigenvalue weighted by atomic mass is 10.4. The van der Waals surface area contributed by atoms with E-state index in [0.29, 0.717) is 12.6 Å². The highest BCUT2D eigenvalue weighted by atomic mass is 16.5. The summed E-state index contributed by atoms with van der Waals surface area (Å²) in [5.41, 5.74) is 0. The molecule has 0 bridgehead atoms. The first-order chi connectivity index (χ1) is 7.19. The molecular formula is C10H13N3O2. The maximum absolute atomic E-state index is 10.2. The minimum Gasteiger partial charge on any atom is -0.345 e. The number of nitrogens with zero attached hydrogens (tertiary/aromatic N) is 3. The normalized spacial score (nSPS) is 19.4. The van der Waals surface area contributed by atoms with Gasteiger partial charge in [0.2, 0.25) is 0 Å². The third-order valence-electron chi connectivity index (χ3n) is 1.99. The fraction of sp³-hybridized carbons (Fsp3) is 0.400. The van der Waals surface area contributed by atoms with E-state index in [1.165, 1.54) is 6.20 Å². The van der Waals surface area contributed by atoms with Crippen LogP contribution in [0.1, 0.15) is 6.92 Å². The van der Waals surface area contributed by atoms with Crippen LogP contribution in [0.2, 0.25) is 0 Å². The molecule has 0 aliphatic carbocycles. The molecule has 0 aromatic heterocycles. The lowest BCUT2D eigenvalue weighted by Crippen LogP contribution is -2.24. The number of ether oxygens (including phenoxy) is 1. The monoisotopic (exact) mass is 207 g/mol. The predicted octanol–water partition coefficient (Wildman–Crippen LogP) is 1.27. The van der Waals surface area contributed by atoms with Gasteiger partial charge in [-0.1, -0.05) is 5.92 Å². The van der Waals surface area contributed by atoms with Gasteiger partial charge < -0.3 is 14.5 Å². The van der Waals surface area contributed by atoms with Crippen LogP contribution >= 0.6 is 0 Å². The highest BCUT2D eigenvalue weighted by molar-refractivity contribution is 5.12. The van der Waals surface area contributed by atoms with Crippen LogP contribution in [0.15, 0.2) is 29.6 Å². The Morgan fingerprint density at radius 3 is 3.07 bits per heavy atom. The van der Waals surface area contributed by atoms with Gasteiger partial charge in [0.1, 0.15) is 24.9 Å². The van der Waals surface area contributed by atoms with E-state index in [9.17, 15) is 4.91 Å². The van der Waals surface area contributed by atoms with Gasteiger partial charge in [-0.15, -0.1) is 11.3 Å². The van der Waals surface area contributed by atoms with Crippen LogP contribution in [0.5, 0.6) is 0 Å². The molecule has 5 heteroatoms. The molecule has 1 heterocycles. The van der Waals surface area contributed by atoms with Gasteiger partial charge in [-0.05, 0) is 12.1 Å². The summed E-state index contributed by atoms with van der Waals surface area (Å²) >= 11 is 0. The minimum atomic E-state index is -0.255. The van der Waals surface area contributed by atoms with Gasteiger partial charge in [0, 0.05) is 19.4 Å². The maximum Gasteiger partial charge on any atom is 0.136 e. The number of rotatable bonds is 4. The summed E-state index contributed by atoms with van der Waals surface area (Å²) in [7, 11) is 1.82. The molecule has 0 fully saturated rings. The molecular weight excluding hydrogens is 194 g/mol. The zero-order valence-electron chi connectivity index (χ0n) is 8.75. The van der Waals surface area contributed by atoms with E-state index in [1.807, 2.05) is 7.05 Å². The molecule has 0 saturated carbocycles. The molecule has 15 heavy (non-hydrogen) atoms. The Morgan fingerprint density at radius 2 is 2.47 bits per heavy atom. The average Bonchev–Trinajstić information content (AvgIpc) is 2.58. The molecule has 0 N–H and O–H groups in total. The molecule has 1 unspecified atom stereocenters. The number of hydrogen-bond acceptors (Lipinski definition) is 5. The highest BCUT2D eigenvalue weighted by Gasteiger charge is 2.17. The van der Waals surface area contributed by atoms with Crippen molar-refractivity contribution in [3.8, 4) is 12.3 Å². The first-order valence-corrected chi connectivity index (χ1v) is 4.47. The van der Waals surface area contributed by atoms with Gasteiger partial charge in [0.15, 0.2) is 0 Å². The summed E-state index contributed by atoms with van der Waals surface area (Å²) in [6.07, 6.45) is 9.74. The summed E-state index contributed by atoms with van der Waals surface area (Å²) < 4.78 is 5.33. The Hall–Kier alpha value is -1.80. The van der Waals surface area contributed by atoms with Gasteiger partial charge in [-0.3, -0.25) is 0 Å². The number of nitroso groups, excluding NO2 is 1. The van der Waals surface area contributed by atoms with E-state index in [1.54, 1.807) is 29.1 Å². The van der Waals surface area contributed by atoms with Crippen LogP contribution in [0.25, 0.3) is 0 Å². The van der Waals surface area contributed by atoms with Crippen molar-refractivity contribution in [3.63, 3.8) is 0 Å². The lowest BCUT2D eigenvalue weighted by Gasteiger charge is -2.21. The quantitative estimate of drug-likeness (QED) is 0.514. The number of terminal acetylenes is 1.